The highest BCUT2D eigenvalue weighted by atomic mass is 16.5. The van der Waals surface area contributed by atoms with Gasteiger partial charge >= 0.3 is 0 Å². The van der Waals surface area contributed by atoms with E-state index in [1.54, 1.807) is 0 Å². The van der Waals surface area contributed by atoms with Gasteiger partial charge in [-0.3, -0.25) is 0 Å². The molecule has 0 bridgehead atoms. The zero-order valence-corrected chi connectivity index (χ0v) is 32.6. The second kappa shape index (κ2) is 10.6. The monoisotopic (exact) mass is 773 g/mol. The van der Waals surface area contributed by atoms with Gasteiger partial charge in [0, 0.05) is 66.5 Å². The van der Waals surface area contributed by atoms with Gasteiger partial charge in [0.2, 0.25) is 0 Å². The summed E-state index contributed by atoms with van der Waals surface area (Å²) in [5.41, 5.74) is 18.3. The Kier molecular flexibility index (Phi) is 5.42. The Morgan fingerprint density at radius 3 is 1.52 bits per heavy atom. The van der Waals surface area contributed by atoms with Crippen molar-refractivity contribution in [3.63, 3.8) is 0 Å². The normalized spacial score (nSPS) is 13.8. The van der Waals surface area contributed by atoms with Crippen LogP contribution in [0.2, 0.25) is 0 Å². The summed E-state index contributed by atoms with van der Waals surface area (Å²) in [5.74, 6) is 3.51. The molecule has 16 rings (SSSR count). The van der Waals surface area contributed by atoms with Gasteiger partial charge in [-0.2, -0.15) is 0 Å². The second-order valence-corrected chi connectivity index (χ2v) is 17.1. The molecule has 0 radical (unpaired) electrons. The molecule has 4 aliphatic heterocycles. The SMILES string of the molecule is c1ccc(-n2c3ccccc3c3c4c5cccc6c5n(c4ccc32)-c2cccc3c2B6c2cc4c(cc2O3)Oc2cccc3c2B4c2cccc4c5ccccc5n-3c24)cc1. The van der Waals surface area contributed by atoms with E-state index in [2.05, 4.69) is 190 Å². The van der Waals surface area contributed by atoms with Crippen molar-refractivity contribution in [3.05, 3.63) is 176 Å². The summed E-state index contributed by atoms with van der Waals surface area (Å²) < 4.78 is 21.4. The fourth-order valence-electron chi connectivity index (χ4n) is 12.1. The number of hydrogen-bond acceptors (Lipinski definition) is 2. The molecule has 3 aromatic heterocycles. The van der Waals surface area contributed by atoms with Gasteiger partial charge in [-0.15, -0.1) is 0 Å². The lowest BCUT2D eigenvalue weighted by Crippen LogP contribution is -2.62. The molecule has 0 aliphatic carbocycles. The average Bonchev–Trinajstić information content (AvgIpc) is 3.96. The number of rotatable bonds is 1. The molecule has 0 atom stereocenters. The molecule has 0 spiro atoms. The maximum Gasteiger partial charge on any atom is 0.256 e. The molecule has 278 valence electrons. The van der Waals surface area contributed by atoms with E-state index in [1.807, 2.05) is 0 Å². The van der Waals surface area contributed by atoms with E-state index in [9.17, 15) is 0 Å². The molecule has 12 aromatic rings. The summed E-state index contributed by atoms with van der Waals surface area (Å²) >= 11 is 0. The number of fused-ring (bicyclic) bond motifs is 18. The maximum atomic E-state index is 7.02. The first kappa shape index (κ1) is 31.1. The Balaban J connectivity index is 0.985. The van der Waals surface area contributed by atoms with E-state index in [1.165, 1.54) is 110 Å². The largest absolute Gasteiger partial charge is 0.458 e. The van der Waals surface area contributed by atoms with Gasteiger partial charge in [-0.25, -0.2) is 0 Å². The number of benzene rings is 9. The highest BCUT2D eigenvalue weighted by molar-refractivity contribution is 7.02. The second-order valence-electron chi connectivity index (χ2n) is 17.1. The van der Waals surface area contributed by atoms with Crippen LogP contribution in [0.3, 0.4) is 0 Å². The van der Waals surface area contributed by atoms with Gasteiger partial charge < -0.3 is 23.2 Å². The lowest BCUT2D eigenvalue weighted by molar-refractivity contribution is 0.465. The van der Waals surface area contributed by atoms with Crippen LogP contribution in [-0.2, 0) is 0 Å². The molecule has 0 saturated carbocycles. The molecular weight excluding hydrogens is 744 g/mol. The fraction of sp³-hybridized carbons (Fsp3) is 0. The van der Waals surface area contributed by atoms with Crippen LogP contribution in [-0.4, -0.2) is 27.1 Å². The predicted octanol–water partition coefficient (Wildman–Crippen LogP) is 8.85. The summed E-state index contributed by atoms with van der Waals surface area (Å²) in [5, 5.41) is 7.64. The van der Waals surface area contributed by atoms with Crippen LogP contribution in [0.5, 0.6) is 23.0 Å². The van der Waals surface area contributed by atoms with Crippen LogP contribution in [0.1, 0.15) is 0 Å². The van der Waals surface area contributed by atoms with Gasteiger partial charge in [0.1, 0.15) is 23.0 Å². The quantitative estimate of drug-likeness (QED) is 0.156. The summed E-state index contributed by atoms with van der Waals surface area (Å²) in [6.45, 7) is -0.0390. The standard InChI is InChI=1S/C54H29B2N3O2/c1-2-12-30(13-3-1)57-40-21-7-5-15-33(40)49-41(57)26-27-42-50(49)34-17-9-19-36-54(34)59(42)44-23-11-25-46-52(44)56(36)38-28-37-47(29-48(38)61-46)60-45-24-10-22-43-51(45)55(37)35-18-8-16-32-31-14-4-6-20-39(31)58(43)53(32)35/h1-29H. The van der Waals surface area contributed by atoms with Crippen LogP contribution >= 0.6 is 0 Å². The third-order valence-electron chi connectivity index (χ3n) is 14.3. The lowest BCUT2D eigenvalue weighted by Gasteiger charge is -2.36. The van der Waals surface area contributed by atoms with Crippen molar-refractivity contribution in [2.24, 2.45) is 0 Å². The molecule has 61 heavy (non-hydrogen) atoms. The Labute approximate surface area is 349 Å². The summed E-state index contributed by atoms with van der Waals surface area (Å²) in [7, 11) is 0. The number of hydrogen-bond donors (Lipinski definition) is 0. The maximum absolute atomic E-state index is 7.02. The average molecular weight is 773 g/mol. The highest BCUT2D eigenvalue weighted by Crippen LogP contribution is 2.45. The van der Waals surface area contributed by atoms with Crippen LogP contribution < -0.4 is 42.3 Å². The number of nitrogens with zero attached hydrogens (tertiary/aromatic N) is 3. The summed E-state index contributed by atoms with van der Waals surface area (Å²) in [4.78, 5) is 0. The molecule has 7 heteroatoms. The van der Waals surface area contributed by atoms with Crippen LogP contribution in [0.25, 0.3) is 82.5 Å². The van der Waals surface area contributed by atoms with Crippen LogP contribution in [0.15, 0.2) is 176 Å². The summed E-state index contributed by atoms with van der Waals surface area (Å²) in [6, 6.07) is 64.6. The van der Waals surface area contributed by atoms with E-state index in [0.717, 1.165) is 28.7 Å². The third kappa shape index (κ3) is 3.58. The van der Waals surface area contributed by atoms with Crippen molar-refractivity contribution >= 4 is 112 Å². The molecule has 4 aliphatic rings. The van der Waals surface area contributed by atoms with Gasteiger partial charge in [0.05, 0.1) is 22.1 Å². The molecule has 7 heterocycles. The van der Waals surface area contributed by atoms with Crippen molar-refractivity contribution in [1.82, 2.24) is 13.7 Å². The van der Waals surface area contributed by atoms with Gasteiger partial charge in [-0.1, -0.05) is 109 Å². The van der Waals surface area contributed by atoms with Gasteiger partial charge in [0.25, 0.3) is 13.4 Å². The molecule has 0 amide bonds. The molecule has 9 aromatic carbocycles. The molecule has 0 unspecified atom stereocenters. The van der Waals surface area contributed by atoms with Gasteiger partial charge in [-0.05, 0) is 93.4 Å². The van der Waals surface area contributed by atoms with Crippen molar-refractivity contribution in [2.75, 3.05) is 0 Å². The Hall–Kier alpha value is -7.89. The Bertz CT molecular complexity index is 4030. The number of ether oxygens (including phenoxy) is 2. The molecule has 5 nitrogen and oxygen atoms in total. The number of aromatic nitrogens is 3. The van der Waals surface area contributed by atoms with E-state index in [0.29, 0.717) is 0 Å². The van der Waals surface area contributed by atoms with E-state index < -0.39 is 0 Å². The first-order valence-electron chi connectivity index (χ1n) is 21.2. The first-order chi connectivity index (χ1) is 30.3. The van der Waals surface area contributed by atoms with E-state index in [-0.39, 0.29) is 13.4 Å². The number of para-hydroxylation sites is 5. The third-order valence-corrected chi connectivity index (χ3v) is 14.3. The Morgan fingerprint density at radius 2 is 0.836 bits per heavy atom. The molecule has 0 saturated heterocycles. The van der Waals surface area contributed by atoms with E-state index in [4.69, 9.17) is 9.47 Å². The van der Waals surface area contributed by atoms with Crippen molar-refractivity contribution < 1.29 is 9.47 Å². The topological polar surface area (TPSA) is 33.2 Å². The molecule has 0 N–H and O–H groups in total. The first-order valence-corrected chi connectivity index (χ1v) is 21.2. The van der Waals surface area contributed by atoms with Crippen LogP contribution in [0, 0.1) is 0 Å². The minimum absolute atomic E-state index is 0.00143. The van der Waals surface area contributed by atoms with Crippen molar-refractivity contribution in [3.8, 4) is 40.1 Å². The van der Waals surface area contributed by atoms with Crippen molar-refractivity contribution in [2.45, 2.75) is 0 Å². The fourth-order valence-corrected chi connectivity index (χ4v) is 12.1. The van der Waals surface area contributed by atoms with Gasteiger partial charge in [0.15, 0.2) is 0 Å². The zero-order valence-electron chi connectivity index (χ0n) is 32.6. The molecule has 0 fully saturated rings. The minimum atomic E-state index is -0.0376. The van der Waals surface area contributed by atoms with Crippen LogP contribution in [0.4, 0.5) is 0 Å². The Morgan fingerprint density at radius 1 is 0.328 bits per heavy atom. The van der Waals surface area contributed by atoms with E-state index >= 15 is 0 Å². The zero-order chi connectivity index (χ0) is 39.2. The highest BCUT2D eigenvalue weighted by Gasteiger charge is 2.45. The molecular formula is C54H29B2N3O2. The smallest absolute Gasteiger partial charge is 0.256 e. The minimum Gasteiger partial charge on any atom is -0.458 e. The summed E-state index contributed by atoms with van der Waals surface area (Å²) in [6.07, 6.45) is 0. The predicted molar refractivity (Wildman–Crippen MR) is 252 cm³/mol. The van der Waals surface area contributed by atoms with Crippen molar-refractivity contribution in [1.29, 1.82) is 0 Å². The lowest BCUT2D eigenvalue weighted by atomic mass is 9.31.